The summed E-state index contributed by atoms with van der Waals surface area (Å²) in [6, 6.07) is 19.7. The molecule has 5 aromatic rings. The Morgan fingerprint density at radius 2 is 1.75 bits per heavy atom. The van der Waals surface area contributed by atoms with Crippen molar-refractivity contribution in [1.29, 1.82) is 0 Å². The molecule has 1 fully saturated rings. The van der Waals surface area contributed by atoms with Crippen molar-refractivity contribution >= 4 is 34.4 Å². The van der Waals surface area contributed by atoms with Gasteiger partial charge in [-0.15, -0.1) is 15.3 Å². The standard InChI is InChI=1S/C29H32N10O/c1-19(2)39-36-27(34-37-39)20-10-9-15-23(16-20)33-29(40)25-18-30-28-24(31-21-11-5-3-6-12-21)17-26(35-38(25)28)32-22-13-7-4-8-14-22/h3,5-6,9-12,15-19,22,31H,4,7-8,13-14H2,1-2H3,(H,32,35)(H,33,40). The highest BCUT2D eigenvalue weighted by molar-refractivity contribution is 6.04. The predicted molar refractivity (Wildman–Crippen MR) is 155 cm³/mol. The second kappa shape index (κ2) is 11.1. The van der Waals surface area contributed by atoms with E-state index in [4.69, 9.17) is 5.10 Å². The van der Waals surface area contributed by atoms with Crippen LogP contribution in [0, 0.1) is 0 Å². The zero-order valence-corrected chi connectivity index (χ0v) is 22.6. The van der Waals surface area contributed by atoms with E-state index >= 15 is 0 Å². The molecule has 3 N–H and O–H groups in total. The molecule has 0 saturated heterocycles. The number of fused-ring (bicyclic) bond motifs is 1. The van der Waals surface area contributed by atoms with E-state index in [1.165, 1.54) is 19.3 Å². The van der Waals surface area contributed by atoms with Crippen molar-refractivity contribution in [1.82, 2.24) is 34.8 Å². The van der Waals surface area contributed by atoms with Crippen LogP contribution >= 0.6 is 0 Å². The van der Waals surface area contributed by atoms with Gasteiger partial charge < -0.3 is 16.0 Å². The number of nitrogens with one attached hydrogen (secondary N) is 3. The molecule has 1 amide bonds. The van der Waals surface area contributed by atoms with E-state index in [1.807, 2.05) is 74.5 Å². The summed E-state index contributed by atoms with van der Waals surface area (Å²) in [5.74, 6) is 0.874. The van der Waals surface area contributed by atoms with Crippen molar-refractivity contribution in [3.63, 3.8) is 0 Å². The number of hydrogen-bond donors (Lipinski definition) is 3. The molecule has 2 aromatic carbocycles. The average Bonchev–Trinajstić information content (AvgIpc) is 3.63. The maximum atomic E-state index is 13.5. The number of benzene rings is 2. The average molecular weight is 537 g/mol. The number of rotatable bonds is 8. The second-order valence-electron chi connectivity index (χ2n) is 10.4. The summed E-state index contributed by atoms with van der Waals surface area (Å²) in [4.78, 5) is 19.6. The molecule has 40 heavy (non-hydrogen) atoms. The highest BCUT2D eigenvalue weighted by atomic mass is 16.2. The number of tetrazole rings is 1. The third-order valence-corrected chi connectivity index (χ3v) is 6.98. The fourth-order valence-corrected chi connectivity index (χ4v) is 4.91. The Balaban J connectivity index is 1.30. The molecule has 1 saturated carbocycles. The van der Waals surface area contributed by atoms with Gasteiger partial charge in [0, 0.05) is 29.0 Å². The van der Waals surface area contributed by atoms with E-state index in [0.29, 0.717) is 34.7 Å². The van der Waals surface area contributed by atoms with Crippen molar-refractivity contribution in [3.05, 3.63) is 72.6 Å². The van der Waals surface area contributed by atoms with Crippen LogP contribution in [0.2, 0.25) is 0 Å². The SMILES string of the molecule is CC(C)n1nnc(-c2cccc(NC(=O)c3cnc4c(Nc5ccccc5)cc(NC5CCCCC5)nn34)c2)n1. The second-order valence-corrected chi connectivity index (χ2v) is 10.4. The molecule has 0 bridgehead atoms. The minimum atomic E-state index is -0.323. The summed E-state index contributed by atoms with van der Waals surface area (Å²) in [5, 5.41) is 27.5. The van der Waals surface area contributed by atoms with E-state index in [9.17, 15) is 4.79 Å². The molecule has 3 aromatic heterocycles. The van der Waals surface area contributed by atoms with Crippen LogP contribution in [-0.4, -0.2) is 46.8 Å². The lowest BCUT2D eigenvalue weighted by atomic mass is 9.95. The van der Waals surface area contributed by atoms with E-state index in [1.54, 1.807) is 15.5 Å². The Morgan fingerprint density at radius 1 is 0.950 bits per heavy atom. The monoisotopic (exact) mass is 536 g/mol. The van der Waals surface area contributed by atoms with Crippen LogP contribution in [0.25, 0.3) is 17.0 Å². The maximum absolute atomic E-state index is 13.5. The third kappa shape index (κ3) is 5.49. The van der Waals surface area contributed by atoms with Gasteiger partial charge in [0.15, 0.2) is 11.3 Å². The largest absolute Gasteiger partial charge is 0.366 e. The van der Waals surface area contributed by atoms with Crippen molar-refractivity contribution in [2.45, 2.75) is 58.0 Å². The number of anilines is 4. The first-order valence-electron chi connectivity index (χ1n) is 13.7. The van der Waals surface area contributed by atoms with Gasteiger partial charge in [0.1, 0.15) is 5.82 Å². The number of nitrogens with zero attached hydrogens (tertiary/aromatic N) is 7. The molecular formula is C29H32N10O. The molecule has 0 spiro atoms. The van der Waals surface area contributed by atoms with Gasteiger partial charge in [0.05, 0.1) is 17.9 Å². The minimum absolute atomic E-state index is 0.102. The van der Waals surface area contributed by atoms with Crippen LogP contribution in [0.1, 0.15) is 62.5 Å². The molecule has 204 valence electrons. The van der Waals surface area contributed by atoms with Gasteiger partial charge in [0.2, 0.25) is 5.82 Å². The van der Waals surface area contributed by atoms with Crippen LogP contribution in [0.3, 0.4) is 0 Å². The van der Waals surface area contributed by atoms with Gasteiger partial charge >= 0.3 is 0 Å². The molecule has 0 unspecified atom stereocenters. The molecule has 0 aliphatic heterocycles. The van der Waals surface area contributed by atoms with Crippen molar-refractivity contribution in [2.75, 3.05) is 16.0 Å². The van der Waals surface area contributed by atoms with Crippen LogP contribution in [0.4, 0.5) is 22.9 Å². The number of hydrogen-bond acceptors (Lipinski definition) is 8. The summed E-state index contributed by atoms with van der Waals surface area (Å²) in [6.07, 6.45) is 7.44. The molecule has 1 aliphatic carbocycles. The van der Waals surface area contributed by atoms with Crippen LogP contribution in [-0.2, 0) is 0 Å². The summed E-state index contributed by atoms with van der Waals surface area (Å²) < 4.78 is 1.60. The number of carbonyl (C=O) groups is 1. The Labute approximate surface area is 232 Å². The number of imidazole rings is 1. The van der Waals surface area contributed by atoms with Gasteiger partial charge in [-0.2, -0.15) is 4.80 Å². The summed E-state index contributed by atoms with van der Waals surface area (Å²) >= 11 is 0. The predicted octanol–water partition coefficient (Wildman–Crippen LogP) is 5.70. The first kappa shape index (κ1) is 25.5. The Morgan fingerprint density at radius 3 is 2.52 bits per heavy atom. The molecular weight excluding hydrogens is 504 g/mol. The molecule has 6 rings (SSSR count). The van der Waals surface area contributed by atoms with Gasteiger partial charge in [0.25, 0.3) is 5.91 Å². The molecule has 3 heterocycles. The summed E-state index contributed by atoms with van der Waals surface area (Å²) in [5.41, 5.74) is 3.94. The van der Waals surface area contributed by atoms with Crippen LogP contribution in [0.15, 0.2) is 66.9 Å². The lowest BCUT2D eigenvalue weighted by Crippen LogP contribution is -2.24. The Hall–Kier alpha value is -4.80. The Bertz CT molecular complexity index is 1620. The van der Waals surface area contributed by atoms with Gasteiger partial charge in [-0.05, 0) is 56.2 Å². The molecule has 0 atom stereocenters. The van der Waals surface area contributed by atoms with Gasteiger partial charge in [-0.3, -0.25) is 4.79 Å². The Kier molecular flexibility index (Phi) is 7.09. The van der Waals surface area contributed by atoms with E-state index in [2.05, 4.69) is 36.3 Å². The normalized spacial score (nSPS) is 14.0. The molecule has 11 nitrogen and oxygen atoms in total. The molecule has 11 heteroatoms. The summed E-state index contributed by atoms with van der Waals surface area (Å²) in [7, 11) is 0. The number of amides is 1. The topological polar surface area (TPSA) is 127 Å². The van der Waals surface area contributed by atoms with Crippen molar-refractivity contribution in [3.8, 4) is 11.4 Å². The zero-order chi connectivity index (χ0) is 27.5. The van der Waals surface area contributed by atoms with Crippen molar-refractivity contribution in [2.24, 2.45) is 0 Å². The molecule has 0 radical (unpaired) electrons. The number of aromatic nitrogens is 7. The first-order valence-corrected chi connectivity index (χ1v) is 13.7. The van der Waals surface area contributed by atoms with Crippen LogP contribution < -0.4 is 16.0 Å². The van der Waals surface area contributed by atoms with E-state index < -0.39 is 0 Å². The maximum Gasteiger partial charge on any atom is 0.276 e. The fourth-order valence-electron chi connectivity index (χ4n) is 4.91. The lowest BCUT2D eigenvalue weighted by molar-refractivity contribution is 0.102. The van der Waals surface area contributed by atoms with Gasteiger partial charge in [-0.25, -0.2) is 9.50 Å². The fraction of sp³-hybridized carbons (Fsp3) is 0.310. The lowest BCUT2D eigenvalue weighted by Gasteiger charge is -2.23. The van der Waals surface area contributed by atoms with Gasteiger partial charge in [-0.1, -0.05) is 49.6 Å². The van der Waals surface area contributed by atoms with Crippen LogP contribution in [0.5, 0.6) is 0 Å². The van der Waals surface area contributed by atoms with E-state index in [0.717, 1.165) is 29.8 Å². The smallest absolute Gasteiger partial charge is 0.276 e. The zero-order valence-electron chi connectivity index (χ0n) is 22.6. The molecule has 1 aliphatic rings. The highest BCUT2D eigenvalue weighted by Gasteiger charge is 2.20. The van der Waals surface area contributed by atoms with Crippen molar-refractivity contribution < 1.29 is 4.79 Å². The quantitative estimate of drug-likeness (QED) is 0.230. The number of para-hydroxylation sites is 1. The first-order chi connectivity index (χ1) is 19.5. The highest BCUT2D eigenvalue weighted by Crippen LogP contribution is 2.27. The minimum Gasteiger partial charge on any atom is -0.366 e. The van der Waals surface area contributed by atoms with E-state index in [-0.39, 0.29) is 11.9 Å². The summed E-state index contributed by atoms with van der Waals surface area (Å²) in [6.45, 7) is 3.98. The third-order valence-electron chi connectivity index (χ3n) is 6.98. The number of carbonyl (C=O) groups excluding carboxylic acids is 1.